The molecule has 0 aliphatic carbocycles. The van der Waals surface area contributed by atoms with E-state index < -0.39 is 0 Å². The molecule has 6 heteroatoms. The molecule has 0 saturated carbocycles. The fourth-order valence-electron chi connectivity index (χ4n) is 2.48. The van der Waals surface area contributed by atoms with Crippen LogP contribution in [0.15, 0.2) is 10.9 Å². The van der Waals surface area contributed by atoms with Gasteiger partial charge in [0.25, 0.3) is 5.56 Å². The largest absolute Gasteiger partial charge is 0.391 e. The molecular formula is C12H20N4O2. The lowest BCUT2D eigenvalue weighted by atomic mass is 10.2. The zero-order valence-electron chi connectivity index (χ0n) is 11.1. The molecule has 2 atom stereocenters. The Morgan fingerprint density at radius 1 is 1.61 bits per heavy atom. The lowest BCUT2D eigenvalue weighted by molar-refractivity contribution is 0.191. The van der Waals surface area contributed by atoms with E-state index in [1.54, 1.807) is 6.92 Å². The monoisotopic (exact) mass is 252 g/mol. The minimum Gasteiger partial charge on any atom is -0.391 e. The van der Waals surface area contributed by atoms with Crippen LogP contribution >= 0.6 is 0 Å². The summed E-state index contributed by atoms with van der Waals surface area (Å²) in [5, 5.41) is 9.81. The van der Waals surface area contributed by atoms with Gasteiger partial charge >= 0.3 is 0 Å². The number of nitrogens with one attached hydrogen (secondary N) is 1. The zero-order chi connectivity index (χ0) is 13.3. The first-order chi connectivity index (χ1) is 8.45. The quantitative estimate of drug-likeness (QED) is 0.764. The Hall–Kier alpha value is -1.40. The molecule has 0 amide bonds. The van der Waals surface area contributed by atoms with E-state index in [1.807, 2.05) is 19.0 Å². The van der Waals surface area contributed by atoms with E-state index in [-0.39, 0.29) is 17.7 Å². The number of aromatic nitrogens is 2. The van der Waals surface area contributed by atoms with Crippen LogP contribution in [-0.4, -0.2) is 59.3 Å². The number of nitrogens with zero attached hydrogens (tertiary/aromatic N) is 3. The van der Waals surface area contributed by atoms with Gasteiger partial charge in [0.2, 0.25) is 0 Å². The number of anilines is 1. The number of β-amino-alcohol motifs (C(OH)–C–C–N with tert-alkyl or cyclic N) is 1. The van der Waals surface area contributed by atoms with Crippen LogP contribution in [0.5, 0.6) is 0 Å². The third-order valence-corrected chi connectivity index (χ3v) is 3.11. The van der Waals surface area contributed by atoms with E-state index in [4.69, 9.17) is 0 Å². The molecule has 1 aliphatic rings. The van der Waals surface area contributed by atoms with Crippen molar-refractivity contribution in [3.63, 3.8) is 0 Å². The number of H-pyrrole nitrogens is 1. The number of likely N-dealkylation sites (N-methyl/N-ethyl adjacent to an activating group) is 1. The van der Waals surface area contributed by atoms with Gasteiger partial charge in [-0.15, -0.1) is 0 Å². The molecule has 6 nitrogen and oxygen atoms in total. The molecule has 0 radical (unpaired) electrons. The van der Waals surface area contributed by atoms with Crippen LogP contribution in [0, 0.1) is 6.92 Å². The third kappa shape index (κ3) is 2.88. The van der Waals surface area contributed by atoms with E-state index in [2.05, 4.69) is 14.9 Å². The minimum absolute atomic E-state index is 0.150. The van der Waals surface area contributed by atoms with Crippen molar-refractivity contribution in [3.8, 4) is 0 Å². The molecule has 2 heterocycles. The molecule has 2 unspecified atom stereocenters. The zero-order valence-corrected chi connectivity index (χ0v) is 11.1. The van der Waals surface area contributed by atoms with E-state index in [0.717, 1.165) is 6.54 Å². The molecule has 18 heavy (non-hydrogen) atoms. The number of aryl methyl sites for hydroxylation is 1. The van der Waals surface area contributed by atoms with Crippen molar-refractivity contribution in [1.82, 2.24) is 14.9 Å². The van der Waals surface area contributed by atoms with Gasteiger partial charge in [0.15, 0.2) is 0 Å². The molecule has 1 aliphatic heterocycles. The van der Waals surface area contributed by atoms with E-state index in [1.165, 1.54) is 6.07 Å². The second-order valence-corrected chi connectivity index (χ2v) is 5.15. The first-order valence-electron chi connectivity index (χ1n) is 6.13. The van der Waals surface area contributed by atoms with Crippen molar-refractivity contribution < 1.29 is 5.11 Å². The highest BCUT2D eigenvalue weighted by Crippen LogP contribution is 2.23. The van der Waals surface area contributed by atoms with Gasteiger partial charge in [-0.2, -0.15) is 0 Å². The van der Waals surface area contributed by atoms with Crippen LogP contribution in [0.4, 0.5) is 5.82 Å². The number of hydrogen-bond acceptors (Lipinski definition) is 5. The second kappa shape index (κ2) is 5.07. The maximum absolute atomic E-state index is 11.5. The van der Waals surface area contributed by atoms with Crippen LogP contribution < -0.4 is 10.5 Å². The summed E-state index contributed by atoms with van der Waals surface area (Å²) in [5.74, 6) is 1.25. The van der Waals surface area contributed by atoms with Gasteiger partial charge in [0.1, 0.15) is 11.6 Å². The van der Waals surface area contributed by atoms with Gasteiger partial charge in [-0.1, -0.05) is 0 Å². The summed E-state index contributed by atoms with van der Waals surface area (Å²) in [6.45, 7) is 3.14. The fourth-order valence-corrected chi connectivity index (χ4v) is 2.48. The molecule has 1 aromatic rings. The van der Waals surface area contributed by atoms with Crippen LogP contribution in [0.2, 0.25) is 0 Å². The Kier molecular flexibility index (Phi) is 3.68. The predicted molar refractivity (Wildman–Crippen MR) is 69.9 cm³/mol. The number of aromatic amines is 1. The van der Waals surface area contributed by atoms with Crippen LogP contribution in [0.1, 0.15) is 12.2 Å². The molecule has 0 aromatic carbocycles. The third-order valence-electron chi connectivity index (χ3n) is 3.11. The Bertz CT molecular complexity index is 471. The number of aliphatic hydroxyl groups is 1. The SMILES string of the molecule is Cc1nc(N2CC(O)CC2CN(C)C)cc(=O)[nH]1. The summed E-state index contributed by atoms with van der Waals surface area (Å²) in [7, 11) is 4.00. The average molecular weight is 252 g/mol. The number of aliphatic hydroxyl groups excluding tert-OH is 1. The molecule has 1 fully saturated rings. The van der Waals surface area contributed by atoms with Crippen molar-refractivity contribution in [2.45, 2.75) is 25.5 Å². The van der Waals surface area contributed by atoms with Crippen molar-refractivity contribution in [2.75, 3.05) is 32.1 Å². The highest BCUT2D eigenvalue weighted by molar-refractivity contribution is 5.41. The van der Waals surface area contributed by atoms with Crippen molar-refractivity contribution >= 4 is 5.82 Å². The van der Waals surface area contributed by atoms with Crippen LogP contribution in [0.3, 0.4) is 0 Å². The predicted octanol–water partition coefficient (Wildman–Crippen LogP) is -0.420. The van der Waals surface area contributed by atoms with Gasteiger partial charge in [0.05, 0.1) is 6.10 Å². The summed E-state index contributed by atoms with van der Waals surface area (Å²) in [4.78, 5) is 22.6. The first kappa shape index (κ1) is 13.0. The highest BCUT2D eigenvalue weighted by atomic mass is 16.3. The van der Waals surface area contributed by atoms with Gasteiger partial charge in [0, 0.05) is 25.2 Å². The highest BCUT2D eigenvalue weighted by Gasteiger charge is 2.32. The Labute approximate surface area is 106 Å². The number of hydrogen-bond donors (Lipinski definition) is 2. The Morgan fingerprint density at radius 3 is 2.94 bits per heavy atom. The van der Waals surface area contributed by atoms with Gasteiger partial charge in [-0.25, -0.2) is 4.98 Å². The van der Waals surface area contributed by atoms with E-state index >= 15 is 0 Å². The second-order valence-electron chi connectivity index (χ2n) is 5.15. The topological polar surface area (TPSA) is 72.5 Å². The maximum atomic E-state index is 11.5. The first-order valence-corrected chi connectivity index (χ1v) is 6.13. The van der Waals surface area contributed by atoms with Crippen molar-refractivity contribution in [1.29, 1.82) is 0 Å². The standard InChI is InChI=1S/C12H20N4O2/c1-8-13-11(5-12(18)14-8)16-7-10(17)4-9(16)6-15(2)3/h5,9-10,17H,4,6-7H2,1-3H3,(H,13,14,18). The molecule has 1 saturated heterocycles. The molecule has 100 valence electrons. The summed E-state index contributed by atoms with van der Waals surface area (Å²) in [6, 6.07) is 1.69. The molecule has 0 bridgehead atoms. The van der Waals surface area contributed by atoms with Gasteiger partial charge in [-0.05, 0) is 27.4 Å². The Balaban J connectivity index is 2.26. The smallest absolute Gasteiger partial charge is 0.252 e. The van der Waals surface area contributed by atoms with Crippen LogP contribution in [-0.2, 0) is 0 Å². The maximum Gasteiger partial charge on any atom is 0.252 e. The van der Waals surface area contributed by atoms with E-state index in [9.17, 15) is 9.90 Å². The van der Waals surface area contributed by atoms with Crippen LogP contribution in [0.25, 0.3) is 0 Å². The normalized spacial score (nSPS) is 23.9. The van der Waals surface area contributed by atoms with E-state index in [0.29, 0.717) is 24.6 Å². The summed E-state index contributed by atoms with van der Waals surface area (Å²) >= 11 is 0. The molecule has 2 N–H and O–H groups in total. The van der Waals surface area contributed by atoms with Gasteiger partial charge in [-0.3, -0.25) is 4.79 Å². The fraction of sp³-hybridized carbons (Fsp3) is 0.667. The van der Waals surface area contributed by atoms with Crippen molar-refractivity contribution in [2.24, 2.45) is 0 Å². The number of rotatable bonds is 3. The molecule has 1 aromatic heterocycles. The van der Waals surface area contributed by atoms with Crippen molar-refractivity contribution in [3.05, 3.63) is 22.2 Å². The lowest BCUT2D eigenvalue weighted by Crippen LogP contribution is -2.38. The average Bonchev–Trinajstić information content (AvgIpc) is 2.56. The Morgan fingerprint density at radius 2 is 2.33 bits per heavy atom. The minimum atomic E-state index is -0.351. The molecular weight excluding hydrogens is 232 g/mol. The molecule has 0 spiro atoms. The van der Waals surface area contributed by atoms with Gasteiger partial charge < -0.3 is 19.9 Å². The summed E-state index contributed by atoms with van der Waals surface area (Å²) < 4.78 is 0. The summed E-state index contributed by atoms with van der Waals surface area (Å²) in [5.41, 5.74) is -0.150. The summed E-state index contributed by atoms with van der Waals surface area (Å²) in [6.07, 6.45) is 0.363. The molecule has 2 rings (SSSR count). The lowest BCUT2D eigenvalue weighted by Gasteiger charge is -2.27.